The van der Waals surface area contributed by atoms with E-state index in [9.17, 15) is 9.59 Å². The van der Waals surface area contributed by atoms with Crippen molar-refractivity contribution in [3.05, 3.63) is 64.5 Å². The van der Waals surface area contributed by atoms with Crippen molar-refractivity contribution in [3.63, 3.8) is 0 Å². The number of rotatable bonds is 7. The molecule has 0 aliphatic carbocycles. The number of aromatic nitrogens is 4. The second kappa shape index (κ2) is 8.45. The van der Waals surface area contributed by atoms with Crippen LogP contribution in [-0.4, -0.2) is 44.8 Å². The van der Waals surface area contributed by atoms with Crippen LogP contribution < -0.4 is 10.6 Å². The van der Waals surface area contributed by atoms with Gasteiger partial charge in [-0.25, -0.2) is 0 Å². The molecule has 2 aromatic heterocycles. The number of hydrogen-bond acceptors (Lipinski definition) is 6. The van der Waals surface area contributed by atoms with Crippen molar-refractivity contribution in [2.75, 3.05) is 13.1 Å². The molecule has 0 aliphatic heterocycles. The van der Waals surface area contributed by atoms with Crippen molar-refractivity contribution in [2.24, 2.45) is 0 Å². The molecule has 0 saturated carbocycles. The van der Waals surface area contributed by atoms with Crippen LogP contribution in [0.1, 0.15) is 32.4 Å². The summed E-state index contributed by atoms with van der Waals surface area (Å²) in [5.74, 6) is -0.584. The summed E-state index contributed by atoms with van der Waals surface area (Å²) < 4.78 is 6.45. The lowest BCUT2D eigenvalue weighted by atomic mass is 10.1. The average molecular weight is 389 g/mol. The van der Waals surface area contributed by atoms with E-state index in [1.54, 1.807) is 18.3 Å². The number of amides is 2. The third-order valence-electron chi connectivity index (χ3n) is 3.58. The molecule has 27 heavy (non-hydrogen) atoms. The molecule has 0 saturated heterocycles. The van der Waals surface area contributed by atoms with E-state index in [2.05, 4.69) is 25.9 Å². The molecule has 0 spiro atoms. The predicted octanol–water partition coefficient (Wildman–Crippen LogP) is 1.44. The van der Waals surface area contributed by atoms with Gasteiger partial charge in [-0.3, -0.25) is 14.3 Å². The summed E-state index contributed by atoms with van der Waals surface area (Å²) in [5.41, 5.74) is 1.64. The van der Waals surface area contributed by atoms with Crippen LogP contribution in [0.2, 0.25) is 5.02 Å². The summed E-state index contributed by atoms with van der Waals surface area (Å²) in [6.45, 7) is 2.68. The highest BCUT2D eigenvalue weighted by molar-refractivity contribution is 6.30. The molecule has 0 fully saturated rings. The summed E-state index contributed by atoms with van der Waals surface area (Å²) in [6, 6.07) is 7.22. The fourth-order valence-electron chi connectivity index (χ4n) is 2.21. The molecule has 3 rings (SSSR count). The lowest BCUT2D eigenvalue weighted by Crippen LogP contribution is -2.34. The zero-order valence-corrected chi connectivity index (χ0v) is 15.2. The quantitative estimate of drug-likeness (QED) is 0.592. The number of nitrogens with zero attached hydrogens (tertiary/aromatic N) is 4. The van der Waals surface area contributed by atoms with Gasteiger partial charge in [-0.15, -0.1) is 0 Å². The van der Waals surface area contributed by atoms with Crippen LogP contribution in [0.4, 0.5) is 0 Å². The van der Waals surface area contributed by atoms with Crippen LogP contribution in [-0.2, 0) is 6.54 Å². The van der Waals surface area contributed by atoms with Crippen LogP contribution in [0.5, 0.6) is 0 Å². The maximum atomic E-state index is 12.0. The smallest absolute Gasteiger partial charge is 0.316 e. The fourth-order valence-corrected chi connectivity index (χ4v) is 2.37. The topological polar surface area (TPSA) is 115 Å². The highest BCUT2D eigenvalue weighted by Crippen LogP contribution is 2.06. The van der Waals surface area contributed by atoms with Crippen molar-refractivity contribution in [2.45, 2.75) is 13.5 Å². The van der Waals surface area contributed by atoms with E-state index in [0.717, 1.165) is 5.56 Å². The molecule has 0 atom stereocenters. The number of aryl methyl sites for hydroxylation is 1. The first-order valence-electron chi connectivity index (χ1n) is 8.15. The van der Waals surface area contributed by atoms with Gasteiger partial charge in [0, 0.05) is 24.8 Å². The molecule has 10 heteroatoms. The second-order valence-electron chi connectivity index (χ2n) is 5.75. The molecule has 3 aromatic rings. The summed E-state index contributed by atoms with van der Waals surface area (Å²) in [5, 5.41) is 13.5. The van der Waals surface area contributed by atoms with E-state index in [1.165, 1.54) is 10.9 Å². The molecule has 0 bridgehead atoms. The van der Waals surface area contributed by atoms with Crippen molar-refractivity contribution in [1.82, 2.24) is 30.6 Å². The van der Waals surface area contributed by atoms with Crippen molar-refractivity contribution in [1.29, 1.82) is 0 Å². The third-order valence-corrected chi connectivity index (χ3v) is 3.77. The van der Waals surface area contributed by atoms with Crippen LogP contribution in [0.25, 0.3) is 0 Å². The van der Waals surface area contributed by atoms with E-state index in [0.29, 0.717) is 16.4 Å². The van der Waals surface area contributed by atoms with Crippen LogP contribution in [0.3, 0.4) is 0 Å². The minimum atomic E-state index is -0.517. The summed E-state index contributed by atoms with van der Waals surface area (Å²) in [4.78, 5) is 28.0. The minimum absolute atomic E-state index is 0.159. The van der Waals surface area contributed by atoms with Crippen LogP contribution in [0.15, 0.2) is 41.2 Å². The Bertz CT molecular complexity index is 934. The molecular weight excluding hydrogens is 372 g/mol. The number of halogens is 1. The van der Waals surface area contributed by atoms with E-state index in [4.69, 9.17) is 16.1 Å². The molecule has 9 nitrogen and oxygen atoms in total. The van der Waals surface area contributed by atoms with Gasteiger partial charge in [0.2, 0.25) is 0 Å². The van der Waals surface area contributed by atoms with Gasteiger partial charge in [-0.2, -0.15) is 10.1 Å². The number of nitrogens with one attached hydrogen (secondary N) is 2. The zero-order valence-electron chi connectivity index (χ0n) is 14.5. The Morgan fingerprint density at radius 1 is 1.15 bits per heavy atom. The molecule has 2 amide bonds. The highest BCUT2D eigenvalue weighted by Gasteiger charge is 2.15. The Morgan fingerprint density at radius 2 is 1.85 bits per heavy atom. The van der Waals surface area contributed by atoms with E-state index in [-0.39, 0.29) is 31.4 Å². The number of benzene rings is 1. The lowest BCUT2D eigenvalue weighted by molar-refractivity contribution is 0.0898. The fraction of sp³-hybridized carbons (Fsp3) is 0.235. The molecule has 0 radical (unpaired) electrons. The Labute approximate surface area is 159 Å². The first kappa shape index (κ1) is 18.6. The molecule has 2 N–H and O–H groups in total. The molecular formula is C17H17ClN6O3. The summed E-state index contributed by atoms with van der Waals surface area (Å²) >= 11 is 5.78. The monoisotopic (exact) mass is 388 g/mol. The van der Waals surface area contributed by atoms with Gasteiger partial charge in [-0.1, -0.05) is 34.5 Å². The second-order valence-corrected chi connectivity index (χ2v) is 6.19. The van der Waals surface area contributed by atoms with Gasteiger partial charge in [0.1, 0.15) is 6.54 Å². The standard InChI is InChI=1S/C17H17ClN6O3/c1-11-2-4-12(5-3-11)15(25)19-6-7-20-16(26)17-22-14(23-27-17)10-24-9-13(18)8-21-24/h2-5,8-9H,6-7,10H2,1H3,(H,19,25)(H,20,26). The molecule has 0 aliphatic rings. The Hall–Kier alpha value is -3.20. The van der Waals surface area contributed by atoms with Crippen LogP contribution >= 0.6 is 11.6 Å². The van der Waals surface area contributed by atoms with Crippen LogP contribution in [0, 0.1) is 6.92 Å². The zero-order chi connectivity index (χ0) is 19.2. The minimum Gasteiger partial charge on any atom is -0.350 e. The highest BCUT2D eigenvalue weighted by atomic mass is 35.5. The summed E-state index contributed by atoms with van der Waals surface area (Å²) in [7, 11) is 0. The molecule has 2 heterocycles. The number of carbonyl (C=O) groups is 2. The molecule has 1 aromatic carbocycles. The predicted molar refractivity (Wildman–Crippen MR) is 96.5 cm³/mol. The Kier molecular flexibility index (Phi) is 5.82. The Morgan fingerprint density at radius 3 is 2.52 bits per heavy atom. The Balaban J connectivity index is 1.43. The maximum absolute atomic E-state index is 12.0. The molecule has 140 valence electrons. The van der Waals surface area contributed by atoms with Gasteiger partial charge in [0.25, 0.3) is 5.91 Å². The maximum Gasteiger partial charge on any atom is 0.316 e. The number of carbonyl (C=O) groups excluding carboxylic acids is 2. The average Bonchev–Trinajstić information content (AvgIpc) is 3.28. The third kappa shape index (κ3) is 5.14. The number of hydrogen-bond donors (Lipinski definition) is 2. The van der Waals surface area contributed by atoms with Gasteiger partial charge in [0.15, 0.2) is 5.82 Å². The first-order chi connectivity index (χ1) is 13.0. The van der Waals surface area contributed by atoms with E-state index >= 15 is 0 Å². The largest absolute Gasteiger partial charge is 0.350 e. The first-order valence-corrected chi connectivity index (χ1v) is 8.52. The van der Waals surface area contributed by atoms with E-state index < -0.39 is 5.91 Å². The van der Waals surface area contributed by atoms with Gasteiger partial charge < -0.3 is 15.2 Å². The SMILES string of the molecule is Cc1ccc(C(=O)NCCNC(=O)c2nc(Cn3cc(Cl)cn3)no2)cc1. The van der Waals surface area contributed by atoms with Gasteiger partial charge >= 0.3 is 11.8 Å². The van der Waals surface area contributed by atoms with Gasteiger partial charge in [-0.05, 0) is 19.1 Å². The van der Waals surface area contributed by atoms with Gasteiger partial charge in [0.05, 0.1) is 11.2 Å². The van der Waals surface area contributed by atoms with Crippen molar-refractivity contribution < 1.29 is 14.1 Å². The normalized spacial score (nSPS) is 10.6. The molecule has 0 unspecified atom stereocenters. The summed E-state index contributed by atoms with van der Waals surface area (Å²) in [6.07, 6.45) is 3.09. The van der Waals surface area contributed by atoms with Crippen molar-refractivity contribution in [3.8, 4) is 0 Å². The van der Waals surface area contributed by atoms with Crippen molar-refractivity contribution >= 4 is 23.4 Å². The van der Waals surface area contributed by atoms with E-state index in [1.807, 2.05) is 19.1 Å². The lowest BCUT2D eigenvalue weighted by Gasteiger charge is -2.06.